The van der Waals surface area contributed by atoms with Gasteiger partial charge in [0.2, 0.25) is 5.95 Å². The summed E-state index contributed by atoms with van der Waals surface area (Å²) in [6.07, 6.45) is 1.51. The number of hydrogen-bond donors (Lipinski definition) is 2. The molecule has 0 unspecified atom stereocenters. The third-order valence-electron chi connectivity index (χ3n) is 3.72. The van der Waals surface area contributed by atoms with Crippen molar-refractivity contribution in [3.8, 4) is 11.5 Å². The van der Waals surface area contributed by atoms with Crippen LogP contribution in [0.25, 0.3) is 0 Å². The number of ether oxygens (including phenoxy) is 2. The maximum absolute atomic E-state index is 12.6. The lowest BCUT2D eigenvalue weighted by molar-refractivity contribution is 0.102. The monoisotopic (exact) mass is 398 g/mol. The van der Waals surface area contributed by atoms with E-state index in [1.165, 1.54) is 19.4 Å². The molecule has 0 radical (unpaired) electrons. The highest BCUT2D eigenvalue weighted by atomic mass is 35.5. The van der Waals surface area contributed by atoms with Crippen LogP contribution in [0, 0.1) is 0 Å². The Morgan fingerprint density at radius 3 is 2.64 bits per heavy atom. The van der Waals surface area contributed by atoms with E-state index < -0.39 is 5.91 Å². The maximum Gasteiger partial charge on any atom is 0.274 e. The van der Waals surface area contributed by atoms with Crippen LogP contribution in [-0.4, -0.2) is 29.6 Å². The molecular weight excluding hydrogens is 380 g/mol. The molecule has 2 N–H and O–H groups in total. The number of halogens is 1. The average Bonchev–Trinajstić information content (AvgIpc) is 2.70. The lowest BCUT2D eigenvalue weighted by Gasteiger charge is -2.11. The van der Waals surface area contributed by atoms with Crippen LogP contribution in [0.2, 0.25) is 5.02 Å². The topological polar surface area (TPSA) is 85.4 Å². The van der Waals surface area contributed by atoms with E-state index in [2.05, 4.69) is 20.6 Å². The summed E-state index contributed by atoms with van der Waals surface area (Å²) < 4.78 is 10.7. The molecule has 3 aromatic rings. The second-order valence-corrected chi connectivity index (χ2v) is 6.08. The first-order chi connectivity index (χ1) is 13.6. The summed E-state index contributed by atoms with van der Waals surface area (Å²) in [6, 6.07) is 13.9. The molecule has 3 rings (SSSR count). The Morgan fingerprint density at radius 1 is 1.14 bits per heavy atom. The number of aromatic nitrogens is 2. The van der Waals surface area contributed by atoms with Gasteiger partial charge < -0.3 is 20.1 Å². The number of nitrogens with one attached hydrogen (secondary N) is 2. The molecule has 0 saturated carbocycles. The number of methoxy groups -OCH3 is 1. The van der Waals surface area contributed by atoms with Crippen molar-refractivity contribution in [2.24, 2.45) is 0 Å². The average molecular weight is 399 g/mol. The molecule has 1 heterocycles. The first-order valence-corrected chi connectivity index (χ1v) is 8.94. The predicted octanol–water partition coefficient (Wildman–Crippen LogP) is 4.53. The van der Waals surface area contributed by atoms with Gasteiger partial charge >= 0.3 is 0 Å². The van der Waals surface area contributed by atoms with E-state index in [0.29, 0.717) is 29.0 Å². The molecule has 0 aliphatic heterocycles. The van der Waals surface area contributed by atoms with Crippen molar-refractivity contribution >= 4 is 34.8 Å². The lowest BCUT2D eigenvalue weighted by atomic mass is 10.2. The van der Waals surface area contributed by atoms with Crippen LogP contribution in [-0.2, 0) is 0 Å². The Bertz CT molecular complexity index is 964. The molecule has 0 fully saturated rings. The Morgan fingerprint density at radius 2 is 1.93 bits per heavy atom. The Labute approximate surface area is 167 Å². The third-order valence-corrected chi connectivity index (χ3v) is 3.95. The maximum atomic E-state index is 12.6. The van der Waals surface area contributed by atoms with E-state index in [-0.39, 0.29) is 5.69 Å². The van der Waals surface area contributed by atoms with Crippen LogP contribution in [0.5, 0.6) is 11.5 Å². The molecule has 1 aromatic heterocycles. The van der Waals surface area contributed by atoms with E-state index in [0.717, 1.165) is 11.4 Å². The third kappa shape index (κ3) is 4.89. The van der Waals surface area contributed by atoms with Crippen LogP contribution in [0.3, 0.4) is 0 Å². The summed E-state index contributed by atoms with van der Waals surface area (Å²) in [6.45, 7) is 2.53. The van der Waals surface area contributed by atoms with Crippen LogP contribution < -0.4 is 20.1 Å². The minimum atomic E-state index is -0.405. The number of anilines is 3. The highest BCUT2D eigenvalue weighted by Gasteiger charge is 2.13. The van der Waals surface area contributed by atoms with Crippen LogP contribution in [0.4, 0.5) is 17.3 Å². The fourth-order valence-corrected chi connectivity index (χ4v) is 2.61. The number of carbonyl (C=O) groups excluding carboxylic acids is 1. The molecule has 0 bridgehead atoms. The molecule has 7 nitrogen and oxygen atoms in total. The number of hydrogen-bond acceptors (Lipinski definition) is 6. The molecule has 0 spiro atoms. The van der Waals surface area contributed by atoms with Gasteiger partial charge in [-0.05, 0) is 55.5 Å². The summed E-state index contributed by atoms with van der Waals surface area (Å²) in [5.74, 6) is 1.17. The van der Waals surface area contributed by atoms with Gasteiger partial charge in [-0.3, -0.25) is 4.79 Å². The Hall–Kier alpha value is -3.32. The van der Waals surface area contributed by atoms with Crippen molar-refractivity contribution in [1.29, 1.82) is 0 Å². The van der Waals surface area contributed by atoms with Crippen molar-refractivity contribution < 1.29 is 14.3 Å². The molecular formula is C20H19ClN4O3. The zero-order valence-corrected chi connectivity index (χ0v) is 16.2. The van der Waals surface area contributed by atoms with Crippen LogP contribution in [0.1, 0.15) is 17.4 Å². The molecule has 144 valence electrons. The standard InChI is InChI=1S/C20H19ClN4O3/c1-3-28-15-7-5-14(6-8-15)23-20-22-11-10-16(25-20)19(26)24-17-12-13(21)4-9-18(17)27-2/h4-12H,3H2,1-2H3,(H,24,26)(H,22,23,25). The summed E-state index contributed by atoms with van der Waals surface area (Å²) in [5, 5.41) is 6.29. The largest absolute Gasteiger partial charge is 0.495 e. The van der Waals surface area contributed by atoms with E-state index in [1.807, 2.05) is 31.2 Å². The number of carbonyl (C=O) groups is 1. The van der Waals surface area contributed by atoms with Gasteiger partial charge in [0.15, 0.2) is 0 Å². The van der Waals surface area contributed by atoms with Crippen LogP contribution in [0.15, 0.2) is 54.7 Å². The highest BCUT2D eigenvalue weighted by molar-refractivity contribution is 6.31. The van der Waals surface area contributed by atoms with Gasteiger partial charge in [-0.2, -0.15) is 0 Å². The van der Waals surface area contributed by atoms with Crippen molar-refractivity contribution in [1.82, 2.24) is 9.97 Å². The van der Waals surface area contributed by atoms with Crippen molar-refractivity contribution in [2.45, 2.75) is 6.92 Å². The lowest BCUT2D eigenvalue weighted by Crippen LogP contribution is -2.15. The summed E-state index contributed by atoms with van der Waals surface area (Å²) >= 11 is 6.00. The Kier molecular flexibility index (Phi) is 6.29. The fourth-order valence-electron chi connectivity index (χ4n) is 2.44. The van der Waals surface area contributed by atoms with E-state index in [1.54, 1.807) is 18.2 Å². The quantitative estimate of drug-likeness (QED) is 0.608. The minimum Gasteiger partial charge on any atom is -0.495 e. The molecule has 0 aliphatic carbocycles. The van der Waals surface area contributed by atoms with Gasteiger partial charge in [0.1, 0.15) is 17.2 Å². The Balaban J connectivity index is 1.73. The number of benzene rings is 2. The first-order valence-electron chi connectivity index (χ1n) is 8.57. The summed E-state index contributed by atoms with van der Waals surface area (Å²) in [7, 11) is 1.52. The second kappa shape index (κ2) is 9.05. The molecule has 8 heteroatoms. The summed E-state index contributed by atoms with van der Waals surface area (Å²) in [5.41, 5.74) is 1.43. The zero-order valence-electron chi connectivity index (χ0n) is 15.4. The molecule has 0 atom stereocenters. The number of amides is 1. The van der Waals surface area contributed by atoms with Gasteiger partial charge in [-0.1, -0.05) is 11.6 Å². The normalized spacial score (nSPS) is 10.2. The minimum absolute atomic E-state index is 0.200. The SMILES string of the molecule is CCOc1ccc(Nc2nccc(C(=O)Nc3cc(Cl)ccc3OC)n2)cc1. The fraction of sp³-hybridized carbons (Fsp3) is 0.150. The molecule has 2 aromatic carbocycles. The summed E-state index contributed by atoms with van der Waals surface area (Å²) in [4.78, 5) is 21.0. The zero-order chi connectivity index (χ0) is 19.9. The van der Waals surface area contributed by atoms with Gasteiger partial charge in [0.25, 0.3) is 5.91 Å². The van der Waals surface area contributed by atoms with Gasteiger partial charge in [0.05, 0.1) is 19.4 Å². The van der Waals surface area contributed by atoms with Crippen LogP contribution >= 0.6 is 11.6 Å². The van der Waals surface area contributed by atoms with E-state index in [9.17, 15) is 4.79 Å². The highest BCUT2D eigenvalue weighted by Crippen LogP contribution is 2.28. The molecule has 1 amide bonds. The smallest absolute Gasteiger partial charge is 0.274 e. The first kappa shape index (κ1) is 19.4. The van der Waals surface area contributed by atoms with Crippen molar-refractivity contribution in [3.05, 3.63) is 65.4 Å². The van der Waals surface area contributed by atoms with Gasteiger partial charge in [-0.15, -0.1) is 0 Å². The van der Waals surface area contributed by atoms with E-state index >= 15 is 0 Å². The van der Waals surface area contributed by atoms with Crippen molar-refractivity contribution in [3.63, 3.8) is 0 Å². The number of nitrogens with zero attached hydrogens (tertiary/aromatic N) is 2. The number of rotatable bonds is 7. The molecule has 0 aliphatic rings. The predicted molar refractivity (Wildman–Crippen MR) is 109 cm³/mol. The van der Waals surface area contributed by atoms with Gasteiger partial charge in [-0.25, -0.2) is 9.97 Å². The van der Waals surface area contributed by atoms with Gasteiger partial charge in [0, 0.05) is 16.9 Å². The molecule has 0 saturated heterocycles. The molecule has 28 heavy (non-hydrogen) atoms. The van der Waals surface area contributed by atoms with Crippen molar-refractivity contribution in [2.75, 3.05) is 24.4 Å². The van der Waals surface area contributed by atoms with E-state index in [4.69, 9.17) is 21.1 Å². The second-order valence-electron chi connectivity index (χ2n) is 5.65.